The Kier molecular flexibility index (Phi) is 5.69. The third kappa shape index (κ3) is 3.92. The van der Waals surface area contributed by atoms with Gasteiger partial charge in [0.15, 0.2) is 0 Å². The number of fused-ring (bicyclic) bond motifs is 1. The number of carbonyl (C=O) groups is 2. The van der Waals surface area contributed by atoms with Crippen LogP contribution in [0, 0.1) is 3.70 Å². The molecule has 1 aliphatic carbocycles. The second kappa shape index (κ2) is 8.66. The van der Waals surface area contributed by atoms with Crippen LogP contribution in [0.5, 0.6) is 0 Å². The Hall–Kier alpha value is -3.14. The summed E-state index contributed by atoms with van der Waals surface area (Å²) < 4.78 is 0.665. The lowest BCUT2D eigenvalue weighted by Crippen LogP contribution is -2.62. The first kappa shape index (κ1) is 21.7. The topological polar surface area (TPSA) is 91.6 Å². The number of nitrogens with one attached hydrogen (secondary N) is 1. The molecule has 5 rings (SSSR count). The molecule has 2 aromatic carbocycles. The van der Waals surface area contributed by atoms with Gasteiger partial charge >= 0.3 is 6.03 Å². The molecule has 0 radical (unpaired) electrons. The molecule has 0 atom stereocenters. The minimum Gasteiger partial charge on any atom is -0.351 e. The number of pyridine rings is 1. The van der Waals surface area contributed by atoms with Crippen molar-refractivity contribution in [2.75, 3.05) is 9.80 Å². The largest absolute Gasteiger partial charge is 0.351 e. The molecule has 1 aromatic heterocycles. The van der Waals surface area contributed by atoms with Crippen molar-refractivity contribution in [1.29, 1.82) is 0 Å². The molecule has 3 amide bonds. The fourth-order valence-corrected chi connectivity index (χ4v) is 5.52. The molecule has 8 heteroatoms. The maximum Gasteiger partial charge on any atom is 0.323 e. The standard InChI is InChI=1S/C25H24IN5O2/c26-22-20(9-6-14-28-22)31(24(27)33)18-10-11-19-21(15-18)30(16-17-7-2-1-3-8-17)25(29-23(19)32)12-4-5-13-25/h1-3,6-11,14-15H,4-5,12-13,16H2,(H2,27,33)(H,29,32). The van der Waals surface area contributed by atoms with Gasteiger partial charge < -0.3 is 16.0 Å². The SMILES string of the molecule is NC(=O)N(c1ccc2c(c1)N(Cc1ccccc1)C1(CCCC1)NC2=O)c1cccnc1I. The van der Waals surface area contributed by atoms with E-state index in [4.69, 9.17) is 5.73 Å². The molecule has 2 aliphatic rings. The summed E-state index contributed by atoms with van der Waals surface area (Å²) in [5.74, 6) is -0.0793. The second-order valence-electron chi connectivity index (χ2n) is 8.45. The average Bonchev–Trinajstić information content (AvgIpc) is 3.27. The van der Waals surface area contributed by atoms with Gasteiger partial charge in [-0.2, -0.15) is 0 Å². The van der Waals surface area contributed by atoms with Gasteiger partial charge in [-0.25, -0.2) is 9.78 Å². The van der Waals surface area contributed by atoms with Crippen molar-refractivity contribution >= 4 is 51.6 Å². The maximum atomic E-state index is 13.1. The van der Waals surface area contributed by atoms with Crippen LogP contribution < -0.4 is 20.9 Å². The first-order valence-corrected chi connectivity index (χ1v) is 12.0. The minimum absolute atomic E-state index is 0.0793. The van der Waals surface area contributed by atoms with Crippen molar-refractivity contribution in [2.45, 2.75) is 37.9 Å². The molecular formula is C25H24IN5O2. The van der Waals surface area contributed by atoms with Gasteiger partial charge in [-0.3, -0.25) is 9.69 Å². The van der Waals surface area contributed by atoms with E-state index in [0.29, 0.717) is 27.2 Å². The number of hydrogen-bond acceptors (Lipinski definition) is 4. The number of anilines is 3. The third-order valence-corrected chi connectivity index (χ3v) is 7.28. The Balaban J connectivity index is 1.65. The predicted octanol–water partition coefficient (Wildman–Crippen LogP) is 4.92. The summed E-state index contributed by atoms with van der Waals surface area (Å²) in [5, 5.41) is 3.30. The van der Waals surface area contributed by atoms with Gasteiger partial charge in [0.2, 0.25) is 0 Å². The van der Waals surface area contributed by atoms with Gasteiger partial charge in [0.1, 0.15) is 9.36 Å². The average molecular weight is 553 g/mol. The van der Waals surface area contributed by atoms with Crippen LogP contribution in [0.3, 0.4) is 0 Å². The summed E-state index contributed by atoms with van der Waals surface area (Å²) in [4.78, 5) is 33.7. The Morgan fingerprint density at radius 2 is 1.88 bits per heavy atom. The van der Waals surface area contributed by atoms with Gasteiger partial charge in [-0.05, 0) is 84.2 Å². The molecule has 1 aliphatic heterocycles. The molecule has 0 saturated heterocycles. The van der Waals surface area contributed by atoms with Gasteiger partial charge in [0.05, 0.1) is 22.6 Å². The molecule has 1 saturated carbocycles. The lowest BCUT2D eigenvalue weighted by Gasteiger charge is -2.47. The summed E-state index contributed by atoms with van der Waals surface area (Å²) in [6, 6.07) is 18.7. The normalized spacial score (nSPS) is 16.4. The monoisotopic (exact) mass is 553 g/mol. The number of benzene rings is 2. The molecule has 33 heavy (non-hydrogen) atoms. The fraction of sp³-hybridized carbons (Fsp3) is 0.240. The van der Waals surface area contributed by atoms with Crippen LogP contribution in [0.15, 0.2) is 66.9 Å². The first-order valence-electron chi connectivity index (χ1n) is 11.0. The number of hydrogen-bond donors (Lipinski definition) is 2. The van der Waals surface area contributed by atoms with Gasteiger partial charge in [-0.1, -0.05) is 30.3 Å². The van der Waals surface area contributed by atoms with E-state index in [1.165, 1.54) is 4.90 Å². The van der Waals surface area contributed by atoms with Crippen LogP contribution in [0.2, 0.25) is 0 Å². The Bertz CT molecular complexity index is 1210. The van der Waals surface area contributed by atoms with E-state index < -0.39 is 11.7 Å². The van der Waals surface area contributed by atoms with E-state index in [9.17, 15) is 9.59 Å². The number of nitrogens with zero attached hydrogens (tertiary/aromatic N) is 3. The van der Waals surface area contributed by atoms with Crippen molar-refractivity contribution in [3.8, 4) is 0 Å². The lowest BCUT2D eigenvalue weighted by atomic mass is 9.96. The number of urea groups is 1. The van der Waals surface area contributed by atoms with Crippen LogP contribution in [0.1, 0.15) is 41.6 Å². The van der Waals surface area contributed by atoms with Gasteiger partial charge in [-0.15, -0.1) is 0 Å². The summed E-state index contributed by atoms with van der Waals surface area (Å²) >= 11 is 2.09. The highest BCUT2D eigenvalue weighted by atomic mass is 127. The van der Waals surface area contributed by atoms with Crippen molar-refractivity contribution in [1.82, 2.24) is 10.3 Å². The lowest BCUT2D eigenvalue weighted by molar-refractivity contribution is 0.0880. The van der Waals surface area contributed by atoms with Gasteiger partial charge in [0.25, 0.3) is 5.91 Å². The first-order chi connectivity index (χ1) is 16.0. The molecule has 168 valence electrons. The van der Waals surface area contributed by atoms with Crippen molar-refractivity contribution in [3.05, 3.63) is 81.7 Å². The molecule has 0 unspecified atom stereocenters. The highest BCUT2D eigenvalue weighted by Gasteiger charge is 2.45. The zero-order valence-electron chi connectivity index (χ0n) is 18.0. The third-order valence-electron chi connectivity index (χ3n) is 6.45. The second-order valence-corrected chi connectivity index (χ2v) is 9.47. The van der Waals surface area contributed by atoms with Crippen LogP contribution in [-0.4, -0.2) is 22.6 Å². The molecule has 0 bridgehead atoms. The van der Waals surface area contributed by atoms with Gasteiger partial charge in [0, 0.05) is 12.7 Å². The van der Waals surface area contributed by atoms with E-state index in [0.717, 1.165) is 36.9 Å². The molecule has 1 fully saturated rings. The molecule has 1 spiro atoms. The zero-order valence-corrected chi connectivity index (χ0v) is 20.2. The van der Waals surface area contributed by atoms with Crippen molar-refractivity contribution < 1.29 is 9.59 Å². The Morgan fingerprint density at radius 1 is 1.12 bits per heavy atom. The van der Waals surface area contributed by atoms with Crippen molar-refractivity contribution in [3.63, 3.8) is 0 Å². The Labute approximate surface area is 206 Å². The van der Waals surface area contributed by atoms with Crippen LogP contribution in [-0.2, 0) is 6.54 Å². The van der Waals surface area contributed by atoms with E-state index in [1.807, 2.05) is 30.3 Å². The van der Waals surface area contributed by atoms with E-state index in [2.05, 4.69) is 49.9 Å². The van der Waals surface area contributed by atoms with Crippen LogP contribution >= 0.6 is 22.6 Å². The zero-order chi connectivity index (χ0) is 23.0. The van der Waals surface area contributed by atoms with E-state index in [-0.39, 0.29) is 5.91 Å². The number of nitrogens with two attached hydrogens (primary N) is 1. The van der Waals surface area contributed by atoms with Crippen molar-refractivity contribution in [2.24, 2.45) is 5.73 Å². The smallest absolute Gasteiger partial charge is 0.323 e. The summed E-state index contributed by atoms with van der Waals surface area (Å²) in [6.45, 7) is 0.651. The number of primary amides is 1. The highest BCUT2D eigenvalue weighted by molar-refractivity contribution is 14.1. The number of rotatable bonds is 4. The number of amides is 3. The molecular weight excluding hydrogens is 529 g/mol. The Morgan fingerprint density at radius 3 is 2.58 bits per heavy atom. The number of carbonyl (C=O) groups excluding carboxylic acids is 2. The molecule has 3 N–H and O–H groups in total. The van der Waals surface area contributed by atoms with Crippen LogP contribution in [0.25, 0.3) is 0 Å². The number of aromatic nitrogens is 1. The molecule has 3 aromatic rings. The molecule has 2 heterocycles. The fourth-order valence-electron chi connectivity index (χ4n) is 4.94. The summed E-state index contributed by atoms with van der Waals surface area (Å²) in [7, 11) is 0. The maximum absolute atomic E-state index is 13.1. The summed E-state index contributed by atoms with van der Waals surface area (Å²) in [6.07, 6.45) is 5.56. The predicted molar refractivity (Wildman–Crippen MR) is 136 cm³/mol. The molecule has 7 nitrogen and oxygen atoms in total. The van der Waals surface area contributed by atoms with E-state index in [1.54, 1.807) is 24.4 Å². The minimum atomic E-state index is -0.605. The number of halogens is 1. The highest BCUT2D eigenvalue weighted by Crippen LogP contribution is 2.44. The van der Waals surface area contributed by atoms with Crippen LogP contribution in [0.4, 0.5) is 21.9 Å². The quantitative estimate of drug-likeness (QED) is 0.355. The van der Waals surface area contributed by atoms with E-state index >= 15 is 0 Å². The summed E-state index contributed by atoms with van der Waals surface area (Å²) in [5.41, 5.74) is 9.15.